The van der Waals surface area contributed by atoms with Crippen LogP contribution in [0, 0.1) is 0 Å². The molecule has 1 unspecified atom stereocenters. The molecule has 108 valence electrons. The van der Waals surface area contributed by atoms with E-state index in [4.69, 9.17) is 4.74 Å². The molecule has 0 spiro atoms. The van der Waals surface area contributed by atoms with Crippen molar-refractivity contribution in [1.82, 2.24) is 10.2 Å². The van der Waals surface area contributed by atoms with Crippen molar-refractivity contribution in [2.45, 2.75) is 56.2 Å². The quantitative estimate of drug-likeness (QED) is 0.768. The van der Waals surface area contributed by atoms with Crippen molar-refractivity contribution < 1.29 is 14.6 Å². The van der Waals surface area contributed by atoms with Crippen molar-refractivity contribution in [3.05, 3.63) is 0 Å². The molecule has 0 aromatic rings. The van der Waals surface area contributed by atoms with Crippen LogP contribution in [0.1, 0.15) is 38.5 Å². The molecule has 2 aliphatic heterocycles. The first-order chi connectivity index (χ1) is 9.16. The van der Waals surface area contributed by atoms with E-state index in [-0.39, 0.29) is 11.9 Å². The fourth-order valence-corrected chi connectivity index (χ4v) is 3.05. The lowest BCUT2D eigenvalue weighted by atomic mass is 9.92. The Hall–Kier alpha value is -0.650. The van der Waals surface area contributed by atoms with Gasteiger partial charge in [0.15, 0.2) is 0 Å². The summed E-state index contributed by atoms with van der Waals surface area (Å²) in [4.78, 5) is 14.3. The molecule has 1 atom stereocenters. The molecule has 2 N–H and O–H groups in total. The summed E-state index contributed by atoms with van der Waals surface area (Å²) in [6.07, 6.45) is 5.64. The molecule has 5 heteroatoms. The molecule has 0 bridgehead atoms. The molecule has 1 saturated carbocycles. The summed E-state index contributed by atoms with van der Waals surface area (Å²) >= 11 is 0. The van der Waals surface area contributed by atoms with Gasteiger partial charge in [-0.25, -0.2) is 0 Å². The number of carbonyl (C=O) groups is 1. The lowest BCUT2D eigenvalue weighted by Gasteiger charge is -2.40. The van der Waals surface area contributed by atoms with Gasteiger partial charge in [-0.2, -0.15) is 0 Å². The molecule has 2 saturated heterocycles. The predicted octanol–water partition coefficient (Wildman–Crippen LogP) is 0.271. The highest BCUT2D eigenvalue weighted by Gasteiger charge is 2.38. The number of carbonyl (C=O) groups excluding carboxylic acids is 1. The molecule has 0 aromatic carbocycles. The molecule has 3 rings (SSSR count). The van der Waals surface area contributed by atoms with E-state index in [0.29, 0.717) is 38.6 Å². The number of hydrogen-bond donors (Lipinski definition) is 2. The van der Waals surface area contributed by atoms with Crippen molar-refractivity contribution in [1.29, 1.82) is 0 Å². The molecule has 0 aromatic heterocycles. The fraction of sp³-hybridized carbons (Fsp3) is 0.929. The number of aliphatic hydroxyl groups is 1. The molecule has 1 amide bonds. The highest BCUT2D eigenvalue weighted by molar-refractivity contribution is 5.82. The second kappa shape index (κ2) is 5.38. The average Bonchev–Trinajstić information content (AvgIpc) is 3.19. The van der Waals surface area contributed by atoms with E-state index in [1.54, 1.807) is 0 Å². The van der Waals surface area contributed by atoms with E-state index >= 15 is 0 Å². The second-order valence-corrected chi connectivity index (χ2v) is 6.23. The molecule has 3 fully saturated rings. The van der Waals surface area contributed by atoms with Crippen LogP contribution in [0.15, 0.2) is 0 Å². The van der Waals surface area contributed by atoms with Crippen LogP contribution in [-0.4, -0.2) is 59.9 Å². The van der Waals surface area contributed by atoms with Crippen LogP contribution in [0.5, 0.6) is 0 Å². The fourth-order valence-electron chi connectivity index (χ4n) is 3.05. The maximum atomic E-state index is 12.4. The molecule has 0 radical (unpaired) electrons. The smallest absolute Gasteiger partial charge is 0.239 e. The lowest BCUT2D eigenvalue weighted by molar-refractivity contribution is -0.143. The predicted molar refractivity (Wildman–Crippen MR) is 70.8 cm³/mol. The number of β-amino-alcohol motifs (C(OH)–C–C–N with tert-alkyl or cyclic N) is 1. The van der Waals surface area contributed by atoms with Crippen LogP contribution >= 0.6 is 0 Å². The van der Waals surface area contributed by atoms with Crippen molar-refractivity contribution in [2.75, 3.05) is 26.3 Å². The van der Waals surface area contributed by atoms with Gasteiger partial charge in [0.05, 0.1) is 11.6 Å². The Morgan fingerprint density at radius 2 is 2.05 bits per heavy atom. The maximum absolute atomic E-state index is 12.4. The highest BCUT2D eigenvalue weighted by Crippen LogP contribution is 2.26. The average molecular weight is 268 g/mol. The number of rotatable bonds is 4. The van der Waals surface area contributed by atoms with E-state index in [2.05, 4.69) is 5.32 Å². The standard InChI is InChI=1S/C14H24N2O3/c17-13-12(15-11-3-4-11)2-1-7-16(13)10-14(18)5-8-19-9-6-14/h11-12,15,18H,1-10H2. The van der Waals surface area contributed by atoms with E-state index in [1.165, 1.54) is 12.8 Å². The van der Waals surface area contributed by atoms with Gasteiger partial charge in [-0.15, -0.1) is 0 Å². The Morgan fingerprint density at radius 1 is 1.32 bits per heavy atom. The maximum Gasteiger partial charge on any atom is 0.239 e. The molecule has 2 heterocycles. The van der Waals surface area contributed by atoms with E-state index < -0.39 is 5.60 Å². The second-order valence-electron chi connectivity index (χ2n) is 6.23. The summed E-state index contributed by atoms with van der Waals surface area (Å²) in [5.74, 6) is 0.179. The van der Waals surface area contributed by atoms with Crippen LogP contribution < -0.4 is 5.32 Å². The number of nitrogens with one attached hydrogen (secondary N) is 1. The Morgan fingerprint density at radius 3 is 2.74 bits per heavy atom. The zero-order valence-corrected chi connectivity index (χ0v) is 11.4. The van der Waals surface area contributed by atoms with Crippen LogP contribution in [0.4, 0.5) is 0 Å². The lowest BCUT2D eigenvalue weighted by Crippen LogP contribution is -2.56. The van der Waals surface area contributed by atoms with Gasteiger partial charge in [-0.3, -0.25) is 4.79 Å². The number of amides is 1. The third-order valence-corrected chi connectivity index (χ3v) is 4.45. The van der Waals surface area contributed by atoms with Crippen LogP contribution in [0.25, 0.3) is 0 Å². The van der Waals surface area contributed by atoms with Crippen LogP contribution in [0.2, 0.25) is 0 Å². The van der Waals surface area contributed by atoms with Gasteiger partial charge in [0, 0.05) is 45.2 Å². The Bertz CT molecular complexity index is 338. The first-order valence-electron chi connectivity index (χ1n) is 7.51. The minimum atomic E-state index is -0.741. The number of nitrogens with zero attached hydrogens (tertiary/aromatic N) is 1. The highest BCUT2D eigenvalue weighted by atomic mass is 16.5. The normalized spacial score (nSPS) is 31.5. The van der Waals surface area contributed by atoms with E-state index in [9.17, 15) is 9.90 Å². The molecular weight excluding hydrogens is 244 g/mol. The van der Waals surface area contributed by atoms with Crippen LogP contribution in [0.3, 0.4) is 0 Å². The van der Waals surface area contributed by atoms with Crippen LogP contribution in [-0.2, 0) is 9.53 Å². The minimum absolute atomic E-state index is 0.0234. The Balaban J connectivity index is 1.57. The van der Waals surface area contributed by atoms with Gasteiger partial charge in [0.25, 0.3) is 0 Å². The van der Waals surface area contributed by atoms with Gasteiger partial charge in [0.1, 0.15) is 0 Å². The van der Waals surface area contributed by atoms with Gasteiger partial charge < -0.3 is 20.1 Å². The third-order valence-electron chi connectivity index (χ3n) is 4.45. The number of hydrogen-bond acceptors (Lipinski definition) is 4. The van der Waals surface area contributed by atoms with E-state index in [1.807, 2.05) is 4.90 Å². The zero-order valence-electron chi connectivity index (χ0n) is 11.4. The van der Waals surface area contributed by atoms with Crippen molar-refractivity contribution in [2.24, 2.45) is 0 Å². The van der Waals surface area contributed by atoms with Gasteiger partial charge in [0.2, 0.25) is 5.91 Å². The summed E-state index contributed by atoms with van der Waals surface area (Å²) < 4.78 is 5.29. The summed E-state index contributed by atoms with van der Waals surface area (Å²) in [5.41, 5.74) is -0.741. The molecule has 5 nitrogen and oxygen atoms in total. The summed E-state index contributed by atoms with van der Waals surface area (Å²) in [7, 11) is 0. The minimum Gasteiger partial charge on any atom is -0.388 e. The molecule has 19 heavy (non-hydrogen) atoms. The van der Waals surface area contributed by atoms with E-state index in [0.717, 1.165) is 19.4 Å². The monoisotopic (exact) mass is 268 g/mol. The first-order valence-corrected chi connectivity index (χ1v) is 7.51. The largest absolute Gasteiger partial charge is 0.388 e. The zero-order chi connectivity index (χ0) is 13.3. The van der Waals surface area contributed by atoms with Crippen molar-refractivity contribution in [3.8, 4) is 0 Å². The van der Waals surface area contributed by atoms with Crippen molar-refractivity contribution >= 4 is 5.91 Å². The van der Waals surface area contributed by atoms with Gasteiger partial charge in [-0.05, 0) is 25.7 Å². The van der Waals surface area contributed by atoms with Gasteiger partial charge >= 0.3 is 0 Å². The third kappa shape index (κ3) is 3.27. The first kappa shape index (κ1) is 13.3. The summed E-state index contributed by atoms with van der Waals surface area (Å²) in [6, 6.07) is 0.532. The topological polar surface area (TPSA) is 61.8 Å². The Kier molecular flexibility index (Phi) is 3.78. The van der Waals surface area contributed by atoms with Crippen molar-refractivity contribution in [3.63, 3.8) is 0 Å². The Labute approximate surface area is 114 Å². The number of ether oxygens (including phenoxy) is 1. The number of piperidine rings is 1. The van der Waals surface area contributed by atoms with Gasteiger partial charge in [-0.1, -0.05) is 0 Å². The summed E-state index contributed by atoms with van der Waals surface area (Å²) in [6.45, 7) is 2.45. The molecule has 1 aliphatic carbocycles. The molecular formula is C14H24N2O3. The number of likely N-dealkylation sites (tertiary alicyclic amines) is 1. The SMILES string of the molecule is O=C1C(NC2CC2)CCCN1CC1(O)CCOCC1. The molecule has 3 aliphatic rings. The summed E-state index contributed by atoms with van der Waals surface area (Å²) in [5, 5.41) is 14.0.